The van der Waals surface area contributed by atoms with Crippen LogP contribution in [0, 0.1) is 5.82 Å². The Kier molecular flexibility index (Phi) is 2.34. The average Bonchev–Trinajstić information content (AvgIpc) is 2.53. The largest absolute Gasteiger partial charge is 0.207 e. The first-order chi connectivity index (χ1) is 6.27. The second-order valence-corrected chi connectivity index (χ2v) is 4.13. The molecule has 0 fully saturated rings. The number of rotatable bonds is 1. The zero-order valence-electron chi connectivity index (χ0n) is 6.63. The molecule has 0 saturated carbocycles. The third kappa shape index (κ3) is 1.74. The van der Waals surface area contributed by atoms with Crippen molar-refractivity contribution in [2.24, 2.45) is 0 Å². The molecule has 0 bridgehead atoms. The predicted octanol–water partition coefficient (Wildman–Crippen LogP) is 4.21. The summed E-state index contributed by atoms with van der Waals surface area (Å²) in [6, 6.07) is 8.25. The van der Waals surface area contributed by atoms with E-state index in [1.165, 1.54) is 23.5 Å². The fourth-order valence-electron chi connectivity index (χ4n) is 1.13. The van der Waals surface area contributed by atoms with Gasteiger partial charge in [0.1, 0.15) is 10.2 Å². The molecule has 0 aliphatic carbocycles. The molecule has 0 amide bonds. The fourth-order valence-corrected chi connectivity index (χ4v) is 2.09. The van der Waals surface area contributed by atoms with Crippen molar-refractivity contribution >= 4 is 22.9 Å². The van der Waals surface area contributed by atoms with E-state index in [4.69, 9.17) is 11.6 Å². The van der Waals surface area contributed by atoms with Gasteiger partial charge in [-0.1, -0.05) is 23.7 Å². The van der Waals surface area contributed by atoms with Gasteiger partial charge in [-0.15, -0.1) is 11.3 Å². The fraction of sp³-hybridized carbons (Fsp3) is 0. The molecule has 2 rings (SSSR count). The van der Waals surface area contributed by atoms with Crippen LogP contribution in [-0.4, -0.2) is 0 Å². The highest BCUT2D eigenvalue weighted by Crippen LogP contribution is 2.32. The Bertz CT molecular complexity index is 405. The van der Waals surface area contributed by atoms with Gasteiger partial charge in [-0.3, -0.25) is 0 Å². The molecular weight excluding hydrogens is 207 g/mol. The number of benzene rings is 1. The van der Waals surface area contributed by atoms with Gasteiger partial charge in [0.15, 0.2) is 0 Å². The van der Waals surface area contributed by atoms with Gasteiger partial charge in [0.25, 0.3) is 0 Å². The van der Waals surface area contributed by atoms with Gasteiger partial charge in [0, 0.05) is 5.56 Å². The molecule has 3 heteroatoms. The first-order valence-corrected chi connectivity index (χ1v) is 5.02. The summed E-state index contributed by atoms with van der Waals surface area (Å²) >= 11 is 7.41. The normalized spacial score (nSPS) is 10.3. The Morgan fingerprint density at radius 3 is 2.31 bits per heavy atom. The summed E-state index contributed by atoms with van der Waals surface area (Å²) in [6.07, 6.45) is 0. The SMILES string of the molecule is Fc1ccc(-c2ccsc2Cl)cc1. The van der Waals surface area contributed by atoms with Crippen LogP contribution in [0.3, 0.4) is 0 Å². The van der Waals surface area contributed by atoms with E-state index in [0.29, 0.717) is 0 Å². The third-order valence-electron chi connectivity index (χ3n) is 1.77. The Morgan fingerprint density at radius 1 is 1.08 bits per heavy atom. The van der Waals surface area contributed by atoms with Crippen LogP contribution in [0.5, 0.6) is 0 Å². The molecule has 1 aromatic heterocycles. The summed E-state index contributed by atoms with van der Waals surface area (Å²) in [7, 11) is 0. The molecule has 0 atom stereocenters. The monoisotopic (exact) mass is 212 g/mol. The maximum atomic E-state index is 12.6. The smallest absolute Gasteiger partial charge is 0.123 e. The summed E-state index contributed by atoms with van der Waals surface area (Å²) < 4.78 is 13.3. The van der Waals surface area contributed by atoms with Gasteiger partial charge in [-0.05, 0) is 29.1 Å². The molecule has 1 aromatic carbocycles. The van der Waals surface area contributed by atoms with E-state index in [2.05, 4.69) is 0 Å². The molecule has 1 heterocycles. The highest BCUT2D eigenvalue weighted by molar-refractivity contribution is 7.15. The van der Waals surface area contributed by atoms with Crippen LogP contribution in [0.1, 0.15) is 0 Å². The Balaban J connectivity index is 2.47. The number of halogens is 2. The highest BCUT2D eigenvalue weighted by atomic mass is 35.5. The second kappa shape index (κ2) is 3.48. The van der Waals surface area contributed by atoms with Gasteiger partial charge < -0.3 is 0 Å². The Labute approximate surface area is 84.6 Å². The molecule has 0 aliphatic heterocycles. The Morgan fingerprint density at radius 2 is 1.77 bits per heavy atom. The lowest BCUT2D eigenvalue weighted by molar-refractivity contribution is 0.628. The molecule has 2 aromatic rings. The van der Waals surface area contributed by atoms with E-state index in [1.54, 1.807) is 12.1 Å². The van der Waals surface area contributed by atoms with E-state index in [0.717, 1.165) is 15.5 Å². The zero-order valence-corrected chi connectivity index (χ0v) is 8.20. The molecule has 13 heavy (non-hydrogen) atoms. The van der Waals surface area contributed by atoms with Crippen LogP contribution in [0.25, 0.3) is 11.1 Å². The second-order valence-electron chi connectivity index (χ2n) is 2.61. The number of thiophene rings is 1. The highest BCUT2D eigenvalue weighted by Gasteiger charge is 2.03. The minimum Gasteiger partial charge on any atom is -0.207 e. The summed E-state index contributed by atoms with van der Waals surface area (Å²) in [5.74, 6) is -0.227. The maximum absolute atomic E-state index is 12.6. The van der Waals surface area contributed by atoms with E-state index < -0.39 is 0 Å². The predicted molar refractivity (Wildman–Crippen MR) is 54.7 cm³/mol. The van der Waals surface area contributed by atoms with Crippen molar-refractivity contribution in [3.8, 4) is 11.1 Å². The van der Waals surface area contributed by atoms with Gasteiger partial charge in [-0.25, -0.2) is 4.39 Å². The van der Waals surface area contributed by atoms with Crippen molar-refractivity contribution < 1.29 is 4.39 Å². The van der Waals surface area contributed by atoms with Crippen molar-refractivity contribution in [1.82, 2.24) is 0 Å². The van der Waals surface area contributed by atoms with Crippen molar-refractivity contribution in [2.75, 3.05) is 0 Å². The first-order valence-electron chi connectivity index (χ1n) is 3.76. The molecule has 0 radical (unpaired) electrons. The van der Waals surface area contributed by atoms with E-state index in [1.807, 2.05) is 11.4 Å². The molecule has 0 unspecified atom stereocenters. The zero-order chi connectivity index (χ0) is 9.26. The topological polar surface area (TPSA) is 0 Å². The molecular formula is C10H6ClFS. The van der Waals surface area contributed by atoms with Crippen molar-refractivity contribution in [1.29, 1.82) is 0 Å². The molecule has 0 aliphatic rings. The molecule has 0 spiro atoms. The standard InChI is InChI=1S/C10H6ClFS/c11-10-9(5-6-13-10)7-1-3-8(12)4-2-7/h1-6H. The summed E-state index contributed by atoms with van der Waals surface area (Å²) in [5, 5.41) is 1.92. The van der Waals surface area contributed by atoms with E-state index in [-0.39, 0.29) is 5.82 Å². The number of hydrogen-bond donors (Lipinski definition) is 0. The van der Waals surface area contributed by atoms with Crippen LogP contribution in [0.15, 0.2) is 35.7 Å². The van der Waals surface area contributed by atoms with Gasteiger partial charge in [0.05, 0.1) is 0 Å². The van der Waals surface area contributed by atoms with E-state index in [9.17, 15) is 4.39 Å². The third-order valence-corrected chi connectivity index (χ3v) is 2.94. The average molecular weight is 213 g/mol. The minimum absolute atomic E-state index is 0.227. The molecule has 0 nitrogen and oxygen atoms in total. The van der Waals surface area contributed by atoms with Gasteiger partial charge >= 0.3 is 0 Å². The van der Waals surface area contributed by atoms with Crippen LogP contribution in [-0.2, 0) is 0 Å². The van der Waals surface area contributed by atoms with Crippen LogP contribution in [0.4, 0.5) is 4.39 Å². The first kappa shape index (κ1) is 8.73. The molecule has 0 saturated heterocycles. The van der Waals surface area contributed by atoms with Crippen molar-refractivity contribution in [2.45, 2.75) is 0 Å². The lowest BCUT2D eigenvalue weighted by Gasteiger charge is -1.97. The minimum atomic E-state index is -0.227. The summed E-state index contributed by atoms with van der Waals surface area (Å²) in [5.41, 5.74) is 1.92. The van der Waals surface area contributed by atoms with Gasteiger partial charge in [0.2, 0.25) is 0 Å². The summed E-state index contributed by atoms with van der Waals surface area (Å²) in [6.45, 7) is 0. The van der Waals surface area contributed by atoms with Crippen LogP contribution < -0.4 is 0 Å². The molecule has 0 N–H and O–H groups in total. The maximum Gasteiger partial charge on any atom is 0.123 e. The number of hydrogen-bond acceptors (Lipinski definition) is 1. The molecule has 66 valence electrons. The van der Waals surface area contributed by atoms with E-state index >= 15 is 0 Å². The lowest BCUT2D eigenvalue weighted by Crippen LogP contribution is -1.75. The van der Waals surface area contributed by atoms with Crippen LogP contribution in [0.2, 0.25) is 4.34 Å². The van der Waals surface area contributed by atoms with Crippen molar-refractivity contribution in [3.63, 3.8) is 0 Å². The quantitative estimate of drug-likeness (QED) is 0.665. The van der Waals surface area contributed by atoms with Gasteiger partial charge in [-0.2, -0.15) is 0 Å². The van der Waals surface area contributed by atoms with Crippen molar-refractivity contribution in [3.05, 3.63) is 45.9 Å². The van der Waals surface area contributed by atoms with Crippen LogP contribution >= 0.6 is 22.9 Å². The lowest BCUT2D eigenvalue weighted by atomic mass is 10.1. The Hall–Kier alpha value is -0.860. The summed E-state index contributed by atoms with van der Waals surface area (Å²) in [4.78, 5) is 0.